The summed E-state index contributed by atoms with van der Waals surface area (Å²) >= 11 is 0. The summed E-state index contributed by atoms with van der Waals surface area (Å²) in [5.41, 5.74) is 0. The number of rotatable bonds is 7. The second-order valence-corrected chi connectivity index (χ2v) is 4.30. The van der Waals surface area contributed by atoms with E-state index in [0.717, 1.165) is 12.8 Å². The highest BCUT2D eigenvalue weighted by molar-refractivity contribution is 5.78. The quantitative estimate of drug-likeness (QED) is 0.655. The highest BCUT2D eigenvalue weighted by atomic mass is 16.3. The Bertz CT molecular complexity index is 183. The van der Waals surface area contributed by atoms with E-state index >= 15 is 0 Å². The highest BCUT2D eigenvalue weighted by Crippen LogP contribution is 1.95. The van der Waals surface area contributed by atoms with Crippen molar-refractivity contribution in [2.24, 2.45) is 0 Å². The van der Waals surface area contributed by atoms with Crippen molar-refractivity contribution in [2.45, 2.75) is 45.8 Å². The number of likely N-dealkylation sites (N-methyl/N-ethyl adjacent to an activating group) is 1. The first kappa shape index (κ1) is 14.4. The molecule has 0 aromatic rings. The summed E-state index contributed by atoms with van der Waals surface area (Å²) in [5.74, 6) is 0.0269. The Morgan fingerprint density at radius 2 is 2.07 bits per heavy atom. The van der Waals surface area contributed by atoms with Crippen molar-refractivity contribution in [3.8, 4) is 0 Å². The molecule has 0 spiro atoms. The van der Waals surface area contributed by atoms with Gasteiger partial charge in [0.15, 0.2) is 0 Å². The molecule has 4 nitrogen and oxygen atoms in total. The van der Waals surface area contributed by atoms with E-state index in [4.69, 9.17) is 5.11 Å². The second-order valence-electron chi connectivity index (χ2n) is 4.30. The fraction of sp³-hybridized carbons (Fsp3) is 0.909. The Labute approximate surface area is 92.7 Å². The number of aliphatic hydroxyl groups excluding tert-OH is 1. The SMILES string of the molecule is CCCC(C)NC(=O)CN(C)CC(C)O. The van der Waals surface area contributed by atoms with Crippen LogP contribution in [0.1, 0.15) is 33.6 Å². The Morgan fingerprint density at radius 1 is 1.47 bits per heavy atom. The number of nitrogens with one attached hydrogen (secondary N) is 1. The van der Waals surface area contributed by atoms with Gasteiger partial charge >= 0.3 is 0 Å². The number of amides is 1. The van der Waals surface area contributed by atoms with E-state index < -0.39 is 6.10 Å². The summed E-state index contributed by atoms with van der Waals surface area (Å²) in [4.78, 5) is 13.3. The minimum Gasteiger partial charge on any atom is -0.392 e. The van der Waals surface area contributed by atoms with E-state index in [9.17, 15) is 4.79 Å². The topological polar surface area (TPSA) is 52.6 Å². The van der Waals surface area contributed by atoms with Crippen LogP contribution in [0.5, 0.6) is 0 Å². The lowest BCUT2D eigenvalue weighted by atomic mass is 10.2. The fourth-order valence-corrected chi connectivity index (χ4v) is 1.59. The van der Waals surface area contributed by atoms with Crippen LogP contribution in [-0.4, -0.2) is 48.2 Å². The number of aliphatic hydroxyl groups is 1. The molecule has 2 unspecified atom stereocenters. The Morgan fingerprint density at radius 3 is 2.53 bits per heavy atom. The Balaban J connectivity index is 3.72. The number of carbonyl (C=O) groups excluding carboxylic acids is 1. The minimum atomic E-state index is -0.393. The molecule has 0 aliphatic carbocycles. The van der Waals surface area contributed by atoms with Gasteiger partial charge in [0.25, 0.3) is 0 Å². The van der Waals surface area contributed by atoms with Crippen molar-refractivity contribution in [1.82, 2.24) is 10.2 Å². The molecule has 0 aromatic heterocycles. The van der Waals surface area contributed by atoms with Crippen LogP contribution in [0.3, 0.4) is 0 Å². The Hall–Kier alpha value is -0.610. The van der Waals surface area contributed by atoms with Crippen molar-refractivity contribution in [2.75, 3.05) is 20.1 Å². The molecule has 4 heteroatoms. The van der Waals surface area contributed by atoms with Gasteiger partial charge in [-0.3, -0.25) is 9.69 Å². The highest BCUT2D eigenvalue weighted by Gasteiger charge is 2.10. The van der Waals surface area contributed by atoms with Crippen LogP contribution < -0.4 is 5.32 Å². The van der Waals surface area contributed by atoms with Crippen LogP contribution in [0, 0.1) is 0 Å². The summed E-state index contributed by atoms with van der Waals surface area (Å²) in [7, 11) is 1.83. The average molecular weight is 216 g/mol. The van der Waals surface area contributed by atoms with Gasteiger partial charge in [-0.05, 0) is 27.3 Å². The van der Waals surface area contributed by atoms with Crippen molar-refractivity contribution < 1.29 is 9.90 Å². The molecular formula is C11H24N2O2. The molecule has 90 valence electrons. The monoisotopic (exact) mass is 216 g/mol. The molecule has 2 atom stereocenters. The molecule has 2 N–H and O–H groups in total. The summed E-state index contributed by atoms with van der Waals surface area (Å²) < 4.78 is 0. The number of nitrogens with zero attached hydrogens (tertiary/aromatic N) is 1. The zero-order valence-corrected chi connectivity index (χ0v) is 10.3. The van der Waals surface area contributed by atoms with E-state index in [1.54, 1.807) is 6.92 Å². The third-order valence-corrected chi connectivity index (χ3v) is 2.12. The molecule has 0 fully saturated rings. The summed E-state index contributed by atoms with van der Waals surface area (Å²) in [5, 5.41) is 12.1. The standard InChI is InChI=1S/C11H24N2O2/c1-5-6-9(2)12-11(15)8-13(4)7-10(3)14/h9-10,14H,5-8H2,1-4H3,(H,12,15). The number of hydrogen-bond acceptors (Lipinski definition) is 3. The normalized spacial score (nSPS) is 15.1. The van der Waals surface area contributed by atoms with Gasteiger partial charge in [0.1, 0.15) is 0 Å². The van der Waals surface area contributed by atoms with E-state index in [1.165, 1.54) is 0 Å². The molecule has 0 aromatic carbocycles. The molecule has 0 aliphatic rings. The van der Waals surface area contributed by atoms with Gasteiger partial charge in [0.2, 0.25) is 5.91 Å². The van der Waals surface area contributed by atoms with Gasteiger partial charge in [0, 0.05) is 12.6 Å². The molecule has 0 heterocycles. The van der Waals surface area contributed by atoms with Gasteiger partial charge in [-0.1, -0.05) is 13.3 Å². The molecule has 0 aliphatic heterocycles. The summed E-state index contributed by atoms with van der Waals surface area (Å²) in [6, 6.07) is 0.238. The van der Waals surface area contributed by atoms with E-state index in [0.29, 0.717) is 13.1 Å². The lowest BCUT2D eigenvalue weighted by Crippen LogP contribution is -2.41. The molecule has 0 radical (unpaired) electrons. The molecular weight excluding hydrogens is 192 g/mol. The fourth-order valence-electron chi connectivity index (χ4n) is 1.59. The van der Waals surface area contributed by atoms with Crippen LogP contribution >= 0.6 is 0 Å². The van der Waals surface area contributed by atoms with Crippen LogP contribution in [0.2, 0.25) is 0 Å². The molecule has 0 rings (SSSR count). The van der Waals surface area contributed by atoms with Crippen molar-refractivity contribution in [3.63, 3.8) is 0 Å². The average Bonchev–Trinajstić information content (AvgIpc) is 2.00. The number of carbonyl (C=O) groups is 1. The van der Waals surface area contributed by atoms with Gasteiger partial charge in [-0.25, -0.2) is 0 Å². The molecule has 0 bridgehead atoms. The lowest BCUT2D eigenvalue weighted by molar-refractivity contribution is -0.122. The third kappa shape index (κ3) is 8.39. The predicted molar refractivity (Wildman–Crippen MR) is 61.7 cm³/mol. The van der Waals surface area contributed by atoms with Crippen molar-refractivity contribution >= 4 is 5.91 Å². The van der Waals surface area contributed by atoms with Crippen molar-refractivity contribution in [1.29, 1.82) is 0 Å². The molecule has 15 heavy (non-hydrogen) atoms. The first-order valence-electron chi connectivity index (χ1n) is 5.61. The van der Waals surface area contributed by atoms with Crippen LogP contribution in [0.15, 0.2) is 0 Å². The lowest BCUT2D eigenvalue weighted by Gasteiger charge is -2.19. The summed E-state index contributed by atoms with van der Waals surface area (Å²) in [6.45, 7) is 6.70. The zero-order valence-electron chi connectivity index (χ0n) is 10.3. The first-order chi connectivity index (χ1) is 6.95. The van der Waals surface area contributed by atoms with Crippen LogP contribution in [0.25, 0.3) is 0 Å². The molecule has 0 saturated carbocycles. The molecule has 0 saturated heterocycles. The predicted octanol–water partition coefficient (Wildman–Crippen LogP) is 0.604. The van der Waals surface area contributed by atoms with Gasteiger partial charge in [-0.2, -0.15) is 0 Å². The molecule has 1 amide bonds. The van der Waals surface area contributed by atoms with Crippen LogP contribution in [0.4, 0.5) is 0 Å². The van der Waals surface area contributed by atoms with Crippen LogP contribution in [-0.2, 0) is 4.79 Å². The smallest absolute Gasteiger partial charge is 0.234 e. The summed E-state index contributed by atoms with van der Waals surface area (Å²) in [6.07, 6.45) is 1.69. The third-order valence-electron chi connectivity index (χ3n) is 2.12. The maximum atomic E-state index is 11.5. The van der Waals surface area contributed by atoms with Gasteiger partial charge in [-0.15, -0.1) is 0 Å². The second kappa shape index (κ2) is 7.65. The maximum Gasteiger partial charge on any atom is 0.234 e. The minimum absolute atomic E-state index is 0.0269. The van der Waals surface area contributed by atoms with Gasteiger partial charge in [0.05, 0.1) is 12.6 Å². The van der Waals surface area contributed by atoms with E-state index in [2.05, 4.69) is 12.2 Å². The number of hydrogen-bond donors (Lipinski definition) is 2. The van der Waals surface area contributed by atoms with Crippen molar-refractivity contribution in [3.05, 3.63) is 0 Å². The largest absolute Gasteiger partial charge is 0.392 e. The zero-order chi connectivity index (χ0) is 11.8. The van der Waals surface area contributed by atoms with Gasteiger partial charge < -0.3 is 10.4 Å². The maximum absolute atomic E-state index is 11.5. The Kier molecular flexibility index (Phi) is 7.34. The van der Waals surface area contributed by atoms with E-state index in [1.807, 2.05) is 18.9 Å². The van der Waals surface area contributed by atoms with E-state index in [-0.39, 0.29) is 11.9 Å². The first-order valence-corrected chi connectivity index (χ1v) is 5.61.